The van der Waals surface area contributed by atoms with Crippen LogP contribution in [0.15, 0.2) is 30.3 Å². The molecule has 0 bridgehead atoms. The van der Waals surface area contributed by atoms with Gasteiger partial charge in [0.1, 0.15) is 6.10 Å². The van der Waals surface area contributed by atoms with Gasteiger partial charge in [-0.25, -0.2) is 4.79 Å². The van der Waals surface area contributed by atoms with Gasteiger partial charge < -0.3 is 28.4 Å². The van der Waals surface area contributed by atoms with Crippen LogP contribution in [-0.2, 0) is 48.4 Å². The molecule has 1 aromatic carbocycles. The van der Waals surface area contributed by atoms with Crippen LogP contribution >= 0.6 is 0 Å². The summed E-state index contributed by atoms with van der Waals surface area (Å²) in [5.41, 5.74) is -5.18. The summed E-state index contributed by atoms with van der Waals surface area (Å²) >= 11 is 0. The number of rotatable bonds is 14. The largest absolute Gasteiger partial charge is 0.465 e. The minimum atomic E-state index is -5.13. The maximum Gasteiger partial charge on any atom is 0.432 e. The normalized spacial score (nSPS) is 21.2. The van der Waals surface area contributed by atoms with Crippen LogP contribution in [0.5, 0.6) is 0 Å². The number of ether oxygens (including phenoxy) is 6. The molecule has 0 unspecified atom stereocenters. The van der Waals surface area contributed by atoms with Crippen LogP contribution in [0.3, 0.4) is 0 Å². The predicted octanol–water partition coefficient (Wildman–Crippen LogP) is 7.29. The third-order valence-corrected chi connectivity index (χ3v) is 7.97. The Morgan fingerprint density at radius 2 is 1.34 bits per heavy atom. The molecular weight excluding hydrogens is 621 g/mol. The molecule has 0 N–H and O–H groups in total. The standard InChI is InChI=1S/C35H53F3O9/c1-23(16-17-25-22-26(47-33(8,9)46-25)18-20-43-28(39)31(2,3)4)27(19-21-44-29(40)32(5,6)7)45-30(41)34(42-10,35(36,37)38)24-14-12-11-13-15-24/h11-15,23,25-27H,16-22H2,1-10H3/t23-,25+,26-,27+,34+/m0/s1. The fourth-order valence-electron chi connectivity index (χ4n) is 5.26. The van der Waals surface area contributed by atoms with Crippen LogP contribution in [0, 0.1) is 16.7 Å². The summed E-state index contributed by atoms with van der Waals surface area (Å²) < 4.78 is 77.3. The molecular formula is C35H53F3O9. The minimum absolute atomic E-state index is 0.0247. The number of halogens is 3. The van der Waals surface area contributed by atoms with Gasteiger partial charge in [-0.2, -0.15) is 13.2 Å². The summed E-state index contributed by atoms with van der Waals surface area (Å²) in [5.74, 6) is -3.77. The van der Waals surface area contributed by atoms with Gasteiger partial charge in [-0.3, -0.25) is 9.59 Å². The maximum absolute atomic E-state index is 14.6. The average Bonchev–Trinajstić information content (AvgIpc) is 2.94. The summed E-state index contributed by atoms with van der Waals surface area (Å²) in [4.78, 5) is 38.1. The molecule has 1 saturated heterocycles. The van der Waals surface area contributed by atoms with Gasteiger partial charge in [0.05, 0.1) is 36.3 Å². The number of benzene rings is 1. The zero-order chi connectivity index (χ0) is 35.8. The monoisotopic (exact) mass is 674 g/mol. The van der Waals surface area contributed by atoms with E-state index in [0.29, 0.717) is 25.7 Å². The second-order valence-corrected chi connectivity index (χ2v) is 14.7. The highest BCUT2D eigenvalue weighted by Gasteiger charge is 2.64. The van der Waals surface area contributed by atoms with E-state index in [1.165, 1.54) is 18.2 Å². The van der Waals surface area contributed by atoms with Gasteiger partial charge in [-0.15, -0.1) is 0 Å². The van der Waals surface area contributed by atoms with E-state index in [-0.39, 0.29) is 37.8 Å². The number of alkyl halides is 3. The van der Waals surface area contributed by atoms with Crippen molar-refractivity contribution in [1.29, 1.82) is 0 Å². The van der Waals surface area contributed by atoms with Crippen LogP contribution in [0.2, 0.25) is 0 Å². The van der Waals surface area contributed by atoms with Gasteiger partial charge in [0.25, 0.3) is 5.60 Å². The van der Waals surface area contributed by atoms with Gasteiger partial charge in [-0.05, 0) is 74.1 Å². The Hall–Kier alpha value is -2.70. The Labute approximate surface area is 277 Å². The van der Waals surface area contributed by atoms with Crippen molar-refractivity contribution in [3.63, 3.8) is 0 Å². The molecule has 0 amide bonds. The molecule has 5 atom stereocenters. The number of esters is 3. The van der Waals surface area contributed by atoms with Crippen LogP contribution in [-0.4, -0.2) is 68.5 Å². The van der Waals surface area contributed by atoms with E-state index in [2.05, 4.69) is 0 Å². The van der Waals surface area contributed by atoms with Crippen molar-refractivity contribution in [2.24, 2.45) is 16.7 Å². The van der Waals surface area contributed by atoms with Gasteiger partial charge >= 0.3 is 24.1 Å². The van der Waals surface area contributed by atoms with Crippen molar-refractivity contribution in [1.82, 2.24) is 0 Å². The molecule has 1 aliphatic heterocycles. The van der Waals surface area contributed by atoms with Crippen LogP contribution in [0.1, 0.15) is 100.0 Å². The van der Waals surface area contributed by atoms with Gasteiger partial charge in [0, 0.05) is 31.9 Å². The van der Waals surface area contributed by atoms with Crippen LogP contribution in [0.4, 0.5) is 13.2 Å². The van der Waals surface area contributed by atoms with Crippen LogP contribution in [0.25, 0.3) is 0 Å². The summed E-state index contributed by atoms with van der Waals surface area (Å²) in [6.07, 6.45) is -4.87. The zero-order valence-corrected chi connectivity index (χ0v) is 29.5. The number of hydrogen-bond donors (Lipinski definition) is 0. The Balaban J connectivity index is 2.21. The van der Waals surface area contributed by atoms with Crippen molar-refractivity contribution in [2.45, 2.75) is 130 Å². The van der Waals surface area contributed by atoms with E-state index in [1.807, 2.05) is 0 Å². The van der Waals surface area contributed by atoms with Crippen LogP contribution < -0.4 is 0 Å². The summed E-state index contributed by atoms with van der Waals surface area (Å²) in [6, 6.07) is 6.61. The summed E-state index contributed by atoms with van der Waals surface area (Å²) in [6.45, 7) is 15.8. The number of hydrogen-bond acceptors (Lipinski definition) is 9. The average molecular weight is 675 g/mol. The minimum Gasteiger partial charge on any atom is -0.465 e. The van der Waals surface area contributed by atoms with E-state index in [9.17, 15) is 27.6 Å². The van der Waals surface area contributed by atoms with E-state index in [4.69, 9.17) is 28.4 Å². The third kappa shape index (κ3) is 11.5. The second kappa shape index (κ2) is 16.1. The topological polar surface area (TPSA) is 107 Å². The van der Waals surface area contributed by atoms with E-state index >= 15 is 0 Å². The Bertz CT molecular complexity index is 1170. The Morgan fingerprint density at radius 1 is 0.830 bits per heavy atom. The van der Waals surface area contributed by atoms with Crippen molar-refractivity contribution in [2.75, 3.05) is 20.3 Å². The first-order chi connectivity index (χ1) is 21.5. The molecule has 9 nitrogen and oxygen atoms in total. The number of carbonyl (C=O) groups is 3. The van der Waals surface area contributed by atoms with E-state index in [0.717, 1.165) is 19.2 Å². The quantitative estimate of drug-likeness (QED) is 0.149. The highest BCUT2D eigenvalue weighted by molar-refractivity contribution is 5.83. The lowest BCUT2D eigenvalue weighted by atomic mass is 9.90. The van der Waals surface area contributed by atoms with Crippen molar-refractivity contribution in [3.8, 4) is 0 Å². The molecule has 2 rings (SSSR count). The highest BCUT2D eigenvalue weighted by Crippen LogP contribution is 2.44. The predicted molar refractivity (Wildman–Crippen MR) is 168 cm³/mol. The fraction of sp³-hybridized carbons (Fsp3) is 0.743. The zero-order valence-electron chi connectivity index (χ0n) is 29.5. The molecule has 47 heavy (non-hydrogen) atoms. The first kappa shape index (κ1) is 40.5. The Kier molecular flexibility index (Phi) is 13.9. The van der Waals surface area contributed by atoms with E-state index in [1.54, 1.807) is 62.3 Å². The number of carbonyl (C=O) groups excluding carboxylic acids is 3. The summed E-state index contributed by atoms with van der Waals surface area (Å²) in [7, 11) is 0.815. The van der Waals surface area contributed by atoms with Gasteiger partial charge in [0.2, 0.25) is 0 Å². The lowest BCUT2D eigenvalue weighted by Gasteiger charge is -2.41. The SMILES string of the molecule is CO[C@@](C(=O)O[C@H](CCOC(=O)C(C)(C)C)[C@@H](C)CC[C@@H]1C[C@H](CCOC(=O)C(C)(C)C)OC(C)(C)O1)(c1ccccc1)C(F)(F)F. The van der Waals surface area contributed by atoms with Gasteiger partial charge in [0.15, 0.2) is 5.79 Å². The molecule has 268 valence electrons. The van der Waals surface area contributed by atoms with Gasteiger partial charge in [-0.1, -0.05) is 37.3 Å². The van der Waals surface area contributed by atoms with Crippen molar-refractivity contribution in [3.05, 3.63) is 35.9 Å². The third-order valence-electron chi connectivity index (χ3n) is 7.97. The number of methoxy groups -OCH3 is 1. The smallest absolute Gasteiger partial charge is 0.432 e. The maximum atomic E-state index is 14.6. The van der Waals surface area contributed by atoms with E-state index < -0.39 is 57.9 Å². The lowest BCUT2D eigenvalue weighted by molar-refractivity contribution is -0.302. The molecule has 0 aliphatic carbocycles. The molecule has 1 aliphatic rings. The van der Waals surface area contributed by atoms with Crippen molar-refractivity contribution >= 4 is 17.9 Å². The fourth-order valence-corrected chi connectivity index (χ4v) is 5.26. The second-order valence-electron chi connectivity index (χ2n) is 14.7. The summed E-state index contributed by atoms with van der Waals surface area (Å²) in [5, 5.41) is 0. The lowest BCUT2D eigenvalue weighted by Crippen LogP contribution is -2.53. The molecule has 0 saturated carbocycles. The highest BCUT2D eigenvalue weighted by atomic mass is 19.4. The molecule has 0 radical (unpaired) electrons. The molecule has 0 aromatic heterocycles. The molecule has 0 spiro atoms. The molecule has 1 aromatic rings. The molecule has 1 fully saturated rings. The molecule has 1 heterocycles. The first-order valence-corrected chi connectivity index (χ1v) is 16.1. The Morgan fingerprint density at radius 3 is 1.83 bits per heavy atom. The molecule has 12 heteroatoms. The first-order valence-electron chi connectivity index (χ1n) is 16.1. The van der Waals surface area contributed by atoms with Crippen molar-refractivity contribution < 1.29 is 56.0 Å².